The van der Waals surface area contributed by atoms with Crippen molar-refractivity contribution in [3.05, 3.63) is 11.1 Å². The van der Waals surface area contributed by atoms with Crippen molar-refractivity contribution >= 4 is 16.5 Å². The number of nitrogens with one attached hydrogen (secondary N) is 1. The summed E-state index contributed by atoms with van der Waals surface area (Å²) in [6.45, 7) is 6.06. The van der Waals surface area contributed by atoms with Crippen molar-refractivity contribution in [2.24, 2.45) is 5.92 Å². The highest BCUT2D eigenvalue weighted by Gasteiger charge is 2.19. The van der Waals surface area contributed by atoms with Crippen LogP contribution in [0.1, 0.15) is 44.4 Å². The quantitative estimate of drug-likeness (QED) is 0.870. The molecule has 0 saturated heterocycles. The van der Waals surface area contributed by atoms with Crippen molar-refractivity contribution in [2.45, 2.75) is 52.2 Å². The number of anilines is 1. The van der Waals surface area contributed by atoms with Crippen LogP contribution in [0.5, 0.6) is 0 Å². The zero-order valence-corrected chi connectivity index (χ0v) is 11.6. The van der Waals surface area contributed by atoms with E-state index in [1.807, 2.05) is 6.20 Å². The summed E-state index contributed by atoms with van der Waals surface area (Å²) in [5, 5.41) is 4.23. The van der Waals surface area contributed by atoms with Gasteiger partial charge in [0.1, 0.15) is 0 Å². The molecule has 1 saturated carbocycles. The lowest BCUT2D eigenvalue weighted by molar-refractivity contribution is 0.00584. The van der Waals surface area contributed by atoms with Gasteiger partial charge in [-0.15, -0.1) is 0 Å². The molecule has 1 fully saturated rings. The number of hydrogen-bond acceptors (Lipinski definition) is 4. The predicted molar refractivity (Wildman–Crippen MR) is 72.5 cm³/mol. The Morgan fingerprint density at radius 3 is 3.18 bits per heavy atom. The lowest BCUT2D eigenvalue weighted by Gasteiger charge is -2.26. The minimum Gasteiger partial charge on any atom is -0.373 e. The van der Waals surface area contributed by atoms with Crippen LogP contribution in [0.15, 0.2) is 6.20 Å². The second kappa shape index (κ2) is 6.36. The molecule has 0 aromatic carbocycles. The Morgan fingerprint density at radius 2 is 2.41 bits per heavy atom. The molecule has 1 aromatic rings. The lowest BCUT2D eigenvalue weighted by atomic mass is 9.89. The van der Waals surface area contributed by atoms with Gasteiger partial charge in [-0.2, -0.15) is 0 Å². The van der Waals surface area contributed by atoms with Gasteiger partial charge in [0.15, 0.2) is 5.13 Å². The normalized spacial score (nSPS) is 24.8. The van der Waals surface area contributed by atoms with Gasteiger partial charge in [-0.05, 0) is 25.7 Å². The van der Waals surface area contributed by atoms with Gasteiger partial charge in [0, 0.05) is 12.7 Å². The SMILES string of the molecule is CCNc1ncc(COC2CCCC(C)C2)s1. The largest absolute Gasteiger partial charge is 0.373 e. The molecule has 0 aliphatic heterocycles. The summed E-state index contributed by atoms with van der Waals surface area (Å²) in [5.41, 5.74) is 0. The fraction of sp³-hybridized carbons (Fsp3) is 0.769. The highest BCUT2D eigenvalue weighted by molar-refractivity contribution is 7.15. The lowest BCUT2D eigenvalue weighted by Crippen LogP contribution is -2.21. The van der Waals surface area contributed by atoms with Crippen molar-refractivity contribution < 1.29 is 4.74 Å². The van der Waals surface area contributed by atoms with E-state index in [2.05, 4.69) is 24.1 Å². The van der Waals surface area contributed by atoms with E-state index < -0.39 is 0 Å². The van der Waals surface area contributed by atoms with Crippen molar-refractivity contribution in [3.63, 3.8) is 0 Å². The molecule has 4 heteroatoms. The van der Waals surface area contributed by atoms with Gasteiger partial charge in [0.2, 0.25) is 0 Å². The Bertz CT molecular complexity index is 340. The Morgan fingerprint density at radius 1 is 1.53 bits per heavy atom. The number of aromatic nitrogens is 1. The van der Waals surface area contributed by atoms with Crippen LogP contribution in [0, 0.1) is 5.92 Å². The van der Waals surface area contributed by atoms with Crippen LogP contribution in [0.2, 0.25) is 0 Å². The number of thiazole rings is 1. The van der Waals surface area contributed by atoms with E-state index in [1.54, 1.807) is 11.3 Å². The van der Waals surface area contributed by atoms with E-state index in [1.165, 1.54) is 30.6 Å². The zero-order valence-electron chi connectivity index (χ0n) is 10.7. The van der Waals surface area contributed by atoms with Gasteiger partial charge >= 0.3 is 0 Å². The highest BCUT2D eigenvalue weighted by atomic mass is 32.1. The monoisotopic (exact) mass is 254 g/mol. The average molecular weight is 254 g/mol. The first kappa shape index (κ1) is 12.8. The Kier molecular flexibility index (Phi) is 4.80. The summed E-state index contributed by atoms with van der Waals surface area (Å²) in [7, 11) is 0. The Balaban J connectivity index is 1.76. The molecule has 0 amide bonds. The third-order valence-corrected chi connectivity index (χ3v) is 4.16. The minimum absolute atomic E-state index is 0.462. The number of nitrogens with zero attached hydrogens (tertiary/aromatic N) is 1. The first-order chi connectivity index (χ1) is 8.28. The minimum atomic E-state index is 0.462. The smallest absolute Gasteiger partial charge is 0.182 e. The summed E-state index contributed by atoms with van der Waals surface area (Å²) in [5.74, 6) is 0.826. The van der Waals surface area contributed by atoms with Crippen LogP contribution in [0.3, 0.4) is 0 Å². The molecular weight excluding hydrogens is 232 g/mol. The molecule has 1 aromatic heterocycles. The first-order valence-electron chi connectivity index (χ1n) is 6.58. The van der Waals surface area contributed by atoms with Gasteiger partial charge in [-0.1, -0.05) is 31.1 Å². The second-order valence-corrected chi connectivity index (χ2v) is 5.98. The van der Waals surface area contributed by atoms with E-state index in [-0.39, 0.29) is 0 Å². The molecule has 1 N–H and O–H groups in total. The molecule has 1 heterocycles. The Labute approximate surface area is 108 Å². The first-order valence-corrected chi connectivity index (χ1v) is 7.39. The standard InChI is InChI=1S/C13H22N2OS/c1-3-14-13-15-8-12(17-13)9-16-11-6-4-5-10(2)7-11/h8,10-11H,3-7,9H2,1-2H3,(H,14,15). The van der Waals surface area contributed by atoms with Crippen LogP contribution in [0.25, 0.3) is 0 Å². The average Bonchev–Trinajstić information content (AvgIpc) is 2.75. The molecule has 0 radical (unpaired) electrons. The van der Waals surface area contributed by atoms with Crippen LogP contribution in [-0.4, -0.2) is 17.6 Å². The molecule has 96 valence electrons. The topological polar surface area (TPSA) is 34.2 Å². The summed E-state index contributed by atoms with van der Waals surface area (Å²) in [6, 6.07) is 0. The number of ether oxygens (including phenoxy) is 1. The van der Waals surface area contributed by atoms with Crippen molar-refractivity contribution in [3.8, 4) is 0 Å². The van der Waals surface area contributed by atoms with Gasteiger partial charge in [0.25, 0.3) is 0 Å². The predicted octanol–water partition coefficient (Wildman–Crippen LogP) is 3.67. The fourth-order valence-corrected chi connectivity index (χ4v) is 3.14. The summed E-state index contributed by atoms with van der Waals surface area (Å²) in [6.07, 6.45) is 7.52. The van der Waals surface area contributed by atoms with E-state index in [9.17, 15) is 0 Å². The molecule has 0 bridgehead atoms. The molecule has 1 aliphatic rings. The van der Waals surface area contributed by atoms with Crippen molar-refractivity contribution in [2.75, 3.05) is 11.9 Å². The van der Waals surface area contributed by atoms with Crippen molar-refractivity contribution in [1.82, 2.24) is 4.98 Å². The zero-order chi connectivity index (χ0) is 12.1. The number of rotatable bonds is 5. The molecule has 17 heavy (non-hydrogen) atoms. The maximum Gasteiger partial charge on any atom is 0.182 e. The summed E-state index contributed by atoms with van der Waals surface area (Å²) in [4.78, 5) is 5.53. The van der Waals surface area contributed by atoms with Crippen LogP contribution in [0.4, 0.5) is 5.13 Å². The maximum atomic E-state index is 5.97. The van der Waals surface area contributed by atoms with Crippen LogP contribution >= 0.6 is 11.3 Å². The van der Waals surface area contributed by atoms with Crippen molar-refractivity contribution in [1.29, 1.82) is 0 Å². The molecule has 2 rings (SSSR count). The van der Waals surface area contributed by atoms with E-state index in [0.717, 1.165) is 24.2 Å². The molecular formula is C13H22N2OS. The molecule has 1 aliphatic carbocycles. The third-order valence-electron chi connectivity index (χ3n) is 3.23. The van der Waals surface area contributed by atoms with E-state index in [0.29, 0.717) is 6.10 Å². The molecule has 3 nitrogen and oxygen atoms in total. The van der Waals surface area contributed by atoms with Crippen LogP contribution in [-0.2, 0) is 11.3 Å². The molecule has 2 atom stereocenters. The van der Waals surface area contributed by atoms with E-state index >= 15 is 0 Å². The van der Waals surface area contributed by atoms with Gasteiger partial charge < -0.3 is 10.1 Å². The van der Waals surface area contributed by atoms with Gasteiger partial charge in [-0.25, -0.2) is 4.98 Å². The summed E-state index contributed by atoms with van der Waals surface area (Å²) < 4.78 is 5.97. The second-order valence-electron chi connectivity index (χ2n) is 4.87. The van der Waals surface area contributed by atoms with Gasteiger partial charge in [-0.3, -0.25) is 0 Å². The highest BCUT2D eigenvalue weighted by Crippen LogP contribution is 2.27. The molecule has 2 unspecified atom stereocenters. The van der Waals surface area contributed by atoms with Crippen LogP contribution < -0.4 is 5.32 Å². The fourth-order valence-electron chi connectivity index (χ4n) is 2.34. The summed E-state index contributed by atoms with van der Waals surface area (Å²) >= 11 is 1.70. The number of hydrogen-bond donors (Lipinski definition) is 1. The maximum absolute atomic E-state index is 5.97. The Hall–Kier alpha value is -0.610. The third kappa shape index (κ3) is 3.96. The van der Waals surface area contributed by atoms with Gasteiger partial charge in [0.05, 0.1) is 17.6 Å². The molecule has 0 spiro atoms. The van der Waals surface area contributed by atoms with E-state index in [4.69, 9.17) is 4.74 Å².